The molecule has 0 saturated carbocycles. The van der Waals surface area contributed by atoms with Gasteiger partial charge < -0.3 is 4.74 Å². The zero-order chi connectivity index (χ0) is 14.0. The molecule has 0 saturated heterocycles. The molecule has 0 heterocycles. The van der Waals surface area contributed by atoms with Gasteiger partial charge in [0.15, 0.2) is 0 Å². The minimum absolute atomic E-state index is 0.0927. The van der Waals surface area contributed by atoms with Crippen LogP contribution in [0.15, 0.2) is 18.2 Å². The van der Waals surface area contributed by atoms with Crippen molar-refractivity contribution in [2.24, 2.45) is 0 Å². The van der Waals surface area contributed by atoms with E-state index < -0.39 is 23.5 Å². The molecule has 7 heteroatoms. The van der Waals surface area contributed by atoms with E-state index in [1.54, 1.807) is 6.92 Å². The van der Waals surface area contributed by atoms with Gasteiger partial charge in [-0.1, -0.05) is 0 Å². The zero-order valence-corrected chi connectivity index (χ0v) is 9.32. The van der Waals surface area contributed by atoms with Crippen molar-refractivity contribution in [3.05, 3.63) is 34.9 Å². The van der Waals surface area contributed by atoms with Gasteiger partial charge in [0.25, 0.3) is 0 Å². The molecule has 0 bridgehead atoms. The van der Waals surface area contributed by atoms with Gasteiger partial charge in [-0.2, -0.15) is 26.3 Å². The normalized spacial score (nSPS) is 12.8. The van der Waals surface area contributed by atoms with E-state index in [2.05, 4.69) is 0 Å². The Hall–Kier alpha value is -1.24. The van der Waals surface area contributed by atoms with Gasteiger partial charge in [0.1, 0.15) is 0 Å². The summed E-state index contributed by atoms with van der Waals surface area (Å²) < 4.78 is 79.5. The number of ether oxygens (including phenoxy) is 1. The highest BCUT2D eigenvalue weighted by atomic mass is 19.4. The molecule has 0 radical (unpaired) electrons. The number of halogens is 6. The second kappa shape index (κ2) is 5.17. The molecule has 0 amide bonds. The first-order valence-corrected chi connectivity index (χ1v) is 5.00. The molecule has 0 atom stereocenters. The maximum atomic E-state index is 12.5. The third kappa shape index (κ3) is 3.90. The van der Waals surface area contributed by atoms with Crippen LogP contribution in [0.5, 0.6) is 0 Å². The van der Waals surface area contributed by atoms with Gasteiger partial charge in [-0.25, -0.2) is 0 Å². The predicted molar refractivity (Wildman–Crippen MR) is 51.8 cm³/mol. The largest absolute Gasteiger partial charge is 0.416 e. The highest BCUT2D eigenvalue weighted by Gasteiger charge is 2.36. The fourth-order valence-corrected chi connectivity index (χ4v) is 1.32. The Bertz CT molecular complexity index is 375. The molecule has 1 nitrogen and oxygen atoms in total. The van der Waals surface area contributed by atoms with E-state index in [9.17, 15) is 26.3 Å². The molecule has 102 valence electrons. The minimum atomic E-state index is -4.82. The molecule has 1 aromatic carbocycles. The summed E-state index contributed by atoms with van der Waals surface area (Å²) >= 11 is 0. The third-order valence-corrected chi connectivity index (χ3v) is 2.12. The molecule has 0 aromatic heterocycles. The quantitative estimate of drug-likeness (QED) is 0.747. The first kappa shape index (κ1) is 14.8. The molecule has 18 heavy (non-hydrogen) atoms. The van der Waals surface area contributed by atoms with Crippen LogP contribution in [0.1, 0.15) is 23.6 Å². The van der Waals surface area contributed by atoms with Crippen molar-refractivity contribution in [1.29, 1.82) is 0 Å². The summed E-state index contributed by atoms with van der Waals surface area (Å²) in [6.07, 6.45) is -9.63. The van der Waals surface area contributed by atoms with Crippen molar-refractivity contribution in [2.75, 3.05) is 6.61 Å². The van der Waals surface area contributed by atoms with Crippen LogP contribution < -0.4 is 0 Å². The van der Waals surface area contributed by atoms with Crippen molar-refractivity contribution in [3.63, 3.8) is 0 Å². The Morgan fingerprint density at radius 3 is 1.67 bits per heavy atom. The first-order chi connectivity index (χ1) is 8.14. The van der Waals surface area contributed by atoms with Gasteiger partial charge in [-0.3, -0.25) is 0 Å². The Morgan fingerprint density at radius 1 is 0.889 bits per heavy atom. The van der Waals surface area contributed by atoms with E-state index >= 15 is 0 Å². The molecule has 0 N–H and O–H groups in total. The summed E-state index contributed by atoms with van der Waals surface area (Å²) in [7, 11) is 0. The van der Waals surface area contributed by atoms with E-state index in [4.69, 9.17) is 4.74 Å². The van der Waals surface area contributed by atoms with Crippen LogP contribution in [0, 0.1) is 0 Å². The monoisotopic (exact) mass is 272 g/mol. The van der Waals surface area contributed by atoms with Crippen molar-refractivity contribution in [3.8, 4) is 0 Å². The Labute approximate surface area is 99.4 Å². The van der Waals surface area contributed by atoms with Gasteiger partial charge in [0.2, 0.25) is 0 Å². The van der Waals surface area contributed by atoms with Gasteiger partial charge >= 0.3 is 12.4 Å². The average molecular weight is 272 g/mol. The maximum absolute atomic E-state index is 12.5. The van der Waals surface area contributed by atoms with Crippen molar-refractivity contribution in [2.45, 2.75) is 25.9 Å². The summed E-state index contributed by atoms with van der Waals surface area (Å²) in [6, 6.07) is 1.41. The number of benzene rings is 1. The summed E-state index contributed by atoms with van der Waals surface area (Å²) in [4.78, 5) is 0. The molecular formula is C11H10F6O. The predicted octanol–water partition coefficient (Wildman–Crippen LogP) is 4.26. The lowest BCUT2D eigenvalue weighted by atomic mass is 10.1. The molecule has 1 rings (SSSR count). The van der Waals surface area contributed by atoms with Crippen molar-refractivity contribution in [1.82, 2.24) is 0 Å². The average Bonchev–Trinajstić information content (AvgIpc) is 2.23. The molecule has 0 unspecified atom stereocenters. The summed E-state index contributed by atoms with van der Waals surface area (Å²) in [5, 5.41) is 0. The molecule has 0 spiro atoms. The molecular weight excluding hydrogens is 262 g/mol. The summed E-state index contributed by atoms with van der Waals surface area (Å²) in [5.41, 5.74) is -2.81. The Balaban J connectivity index is 3.21. The third-order valence-electron chi connectivity index (χ3n) is 2.12. The van der Waals surface area contributed by atoms with Crippen LogP contribution in [-0.2, 0) is 23.7 Å². The SMILES string of the molecule is CCOCc1cc(C(F)(F)F)cc(C(F)(F)F)c1. The van der Waals surface area contributed by atoms with E-state index in [0.717, 1.165) is 0 Å². The van der Waals surface area contributed by atoms with E-state index in [1.165, 1.54) is 0 Å². The molecule has 0 fully saturated rings. The smallest absolute Gasteiger partial charge is 0.377 e. The van der Waals surface area contributed by atoms with Crippen LogP contribution in [0.4, 0.5) is 26.3 Å². The number of alkyl halides is 6. The fourth-order valence-electron chi connectivity index (χ4n) is 1.32. The van der Waals surface area contributed by atoms with E-state index in [-0.39, 0.29) is 24.8 Å². The van der Waals surface area contributed by atoms with Gasteiger partial charge in [-0.05, 0) is 30.7 Å². The topological polar surface area (TPSA) is 9.23 Å². The van der Waals surface area contributed by atoms with Crippen LogP contribution in [-0.4, -0.2) is 6.61 Å². The standard InChI is InChI=1S/C11H10F6O/c1-2-18-6-7-3-8(10(12,13)14)5-9(4-7)11(15,16)17/h3-5H,2,6H2,1H3. The van der Waals surface area contributed by atoms with Crippen LogP contribution in [0.3, 0.4) is 0 Å². The summed E-state index contributed by atoms with van der Waals surface area (Å²) in [5.74, 6) is 0. The number of hydrogen-bond donors (Lipinski definition) is 0. The lowest BCUT2D eigenvalue weighted by molar-refractivity contribution is -0.143. The highest BCUT2D eigenvalue weighted by Crippen LogP contribution is 2.36. The maximum Gasteiger partial charge on any atom is 0.416 e. The van der Waals surface area contributed by atoms with Crippen LogP contribution in [0.25, 0.3) is 0 Å². The minimum Gasteiger partial charge on any atom is -0.377 e. The highest BCUT2D eigenvalue weighted by molar-refractivity contribution is 5.33. The van der Waals surface area contributed by atoms with E-state index in [1.807, 2.05) is 0 Å². The lowest BCUT2D eigenvalue weighted by Crippen LogP contribution is -2.12. The van der Waals surface area contributed by atoms with Crippen molar-refractivity contribution >= 4 is 0 Å². The molecule has 0 aliphatic rings. The summed E-state index contributed by atoms with van der Waals surface area (Å²) in [6.45, 7) is 1.51. The van der Waals surface area contributed by atoms with Gasteiger partial charge in [0, 0.05) is 6.61 Å². The molecule has 0 aliphatic heterocycles. The Morgan fingerprint density at radius 2 is 1.33 bits per heavy atom. The van der Waals surface area contributed by atoms with Gasteiger partial charge in [0.05, 0.1) is 17.7 Å². The van der Waals surface area contributed by atoms with Crippen molar-refractivity contribution < 1.29 is 31.1 Å². The molecule has 0 aliphatic carbocycles. The lowest BCUT2D eigenvalue weighted by Gasteiger charge is -2.14. The van der Waals surface area contributed by atoms with Gasteiger partial charge in [-0.15, -0.1) is 0 Å². The van der Waals surface area contributed by atoms with E-state index in [0.29, 0.717) is 12.1 Å². The second-order valence-corrected chi connectivity index (χ2v) is 3.55. The first-order valence-electron chi connectivity index (χ1n) is 5.00. The van der Waals surface area contributed by atoms with Crippen LogP contribution >= 0.6 is 0 Å². The fraction of sp³-hybridized carbons (Fsp3) is 0.455. The molecule has 1 aromatic rings. The Kier molecular flexibility index (Phi) is 4.26. The number of rotatable bonds is 3. The van der Waals surface area contributed by atoms with Crippen LogP contribution in [0.2, 0.25) is 0 Å². The second-order valence-electron chi connectivity index (χ2n) is 3.55. The number of hydrogen-bond acceptors (Lipinski definition) is 1. The zero-order valence-electron chi connectivity index (χ0n) is 9.32.